The van der Waals surface area contributed by atoms with Crippen molar-refractivity contribution < 1.29 is 9.00 Å². The molecule has 0 unspecified atom stereocenters. The zero-order valence-electron chi connectivity index (χ0n) is 16.2. The number of hydrogen-bond donors (Lipinski definition) is 1. The topological polar surface area (TPSA) is 64.0 Å². The number of rotatable bonds is 3. The van der Waals surface area contributed by atoms with E-state index in [9.17, 15) is 9.00 Å². The van der Waals surface area contributed by atoms with E-state index >= 15 is 0 Å². The van der Waals surface area contributed by atoms with Gasteiger partial charge in [0.2, 0.25) is 5.91 Å². The van der Waals surface area contributed by atoms with Crippen LogP contribution < -0.4 is 5.32 Å². The van der Waals surface area contributed by atoms with Crippen LogP contribution in [-0.2, 0) is 27.1 Å². The highest BCUT2D eigenvalue weighted by Crippen LogP contribution is 2.60. The Labute approximate surface area is 177 Å². The number of aromatic nitrogens is 2. The van der Waals surface area contributed by atoms with Crippen molar-refractivity contribution in [2.75, 3.05) is 5.32 Å². The van der Waals surface area contributed by atoms with Crippen LogP contribution in [0.4, 0.5) is 5.82 Å². The number of amides is 1. The number of anilines is 1. The Kier molecular flexibility index (Phi) is 4.01. The van der Waals surface area contributed by atoms with Gasteiger partial charge in [0.15, 0.2) is 0 Å². The van der Waals surface area contributed by atoms with Crippen LogP contribution >= 0.6 is 11.6 Å². The second kappa shape index (κ2) is 6.42. The van der Waals surface area contributed by atoms with Crippen LogP contribution in [0.1, 0.15) is 49.8 Å². The van der Waals surface area contributed by atoms with Gasteiger partial charge in [-0.3, -0.25) is 9.00 Å². The van der Waals surface area contributed by atoms with Crippen molar-refractivity contribution in [3.8, 4) is 5.69 Å². The monoisotopic (exact) mass is 429 g/mol. The first-order chi connectivity index (χ1) is 14.0. The molecule has 5 nitrogen and oxygen atoms in total. The van der Waals surface area contributed by atoms with E-state index < -0.39 is 10.8 Å². The van der Waals surface area contributed by atoms with Gasteiger partial charge in [-0.25, -0.2) is 4.68 Å². The molecule has 1 aromatic heterocycles. The molecule has 0 saturated heterocycles. The van der Waals surface area contributed by atoms with Gasteiger partial charge in [0.1, 0.15) is 5.82 Å². The Bertz CT molecular complexity index is 1010. The third-order valence-electron chi connectivity index (χ3n) is 7.47. The zero-order valence-corrected chi connectivity index (χ0v) is 17.8. The van der Waals surface area contributed by atoms with Gasteiger partial charge >= 0.3 is 0 Å². The minimum Gasteiger partial charge on any atom is -0.310 e. The van der Waals surface area contributed by atoms with E-state index in [4.69, 9.17) is 16.7 Å². The Hall–Kier alpha value is -1.66. The summed E-state index contributed by atoms with van der Waals surface area (Å²) in [6.07, 6.45) is 6.98. The van der Waals surface area contributed by atoms with Gasteiger partial charge in [0.05, 0.1) is 28.3 Å². The molecule has 4 fully saturated rings. The van der Waals surface area contributed by atoms with Crippen molar-refractivity contribution in [2.24, 2.45) is 23.2 Å². The number of carbonyl (C=O) groups is 1. The zero-order chi connectivity index (χ0) is 19.8. The number of carbonyl (C=O) groups excluding carboxylic acids is 1. The van der Waals surface area contributed by atoms with E-state index in [1.165, 1.54) is 19.3 Å². The van der Waals surface area contributed by atoms with Gasteiger partial charge in [-0.2, -0.15) is 5.10 Å². The molecule has 7 rings (SSSR count). The van der Waals surface area contributed by atoms with Crippen LogP contribution in [0.15, 0.2) is 24.3 Å². The molecule has 2 heterocycles. The summed E-state index contributed by atoms with van der Waals surface area (Å²) in [6.45, 7) is 0. The summed E-state index contributed by atoms with van der Waals surface area (Å²) >= 11 is 6.20. The van der Waals surface area contributed by atoms with Crippen LogP contribution in [0.5, 0.6) is 0 Å². The van der Waals surface area contributed by atoms with E-state index in [-0.39, 0.29) is 11.3 Å². The number of benzene rings is 1. The number of nitrogens with zero attached hydrogens (tertiary/aromatic N) is 2. The lowest BCUT2D eigenvalue weighted by atomic mass is 9.49. The molecule has 1 N–H and O–H groups in total. The lowest BCUT2D eigenvalue weighted by molar-refractivity contribution is -0.140. The lowest BCUT2D eigenvalue weighted by Crippen LogP contribution is -2.52. The normalized spacial score (nSPS) is 34.4. The summed E-state index contributed by atoms with van der Waals surface area (Å²) in [5, 5.41) is 8.60. The smallest absolute Gasteiger partial charge is 0.231 e. The summed E-state index contributed by atoms with van der Waals surface area (Å²) < 4.78 is 13.9. The van der Waals surface area contributed by atoms with Crippen LogP contribution in [0, 0.1) is 23.2 Å². The molecule has 1 atom stereocenters. The third-order valence-corrected chi connectivity index (χ3v) is 8.92. The maximum atomic E-state index is 13.6. The first kappa shape index (κ1) is 18.1. The van der Waals surface area contributed by atoms with E-state index in [1.807, 2.05) is 24.3 Å². The molecule has 5 aliphatic rings. The second-order valence-electron chi connectivity index (χ2n) is 9.55. The SMILES string of the molecule is O=C(Nc1c2c(nn1-c1cccc(Cl)c1)C[S@@](=O)C2)C12CC3CC(CC(C3)C1)C2. The predicted octanol–water partition coefficient (Wildman–Crippen LogP) is 4.44. The van der Waals surface area contributed by atoms with Crippen molar-refractivity contribution in [1.82, 2.24) is 9.78 Å². The predicted molar refractivity (Wildman–Crippen MR) is 113 cm³/mol. The fourth-order valence-corrected chi connectivity index (χ4v) is 8.13. The molecule has 4 aliphatic carbocycles. The second-order valence-corrected chi connectivity index (χ2v) is 11.4. The van der Waals surface area contributed by atoms with Gasteiger partial charge in [-0.1, -0.05) is 17.7 Å². The molecule has 1 aromatic carbocycles. The van der Waals surface area contributed by atoms with Crippen LogP contribution in [0.2, 0.25) is 5.02 Å². The van der Waals surface area contributed by atoms with Crippen LogP contribution in [-0.4, -0.2) is 19.9 Å². The van der Waals surface area contributed by atoms with E-state index in [2.05, 4.69) is 5.32 Å². The molecule has 0 radical (unpaired) electrons. The van der Waals surface area contributed by atoms with Crippen molar-refractivity contribution in [3.05, 3.63) is 40.5 Å². The standard InChI is InChI=1S/C22H24ClN3O2S/c23-16-2-1-3-17(7-16)26-20(18-11-29(28)12-19(18)25-26)24-21(27)22-8-13-4-14(9-22)6-15(5-13)10-22/h1-3,7,13-15H,4-6,8-12H2,(H,24,27)/t13?,14?,15?,22?,29-/m0/s1. The van der Waals surface area contributed by atoms with E-state index in [0.29, 0.717) is 40.1 Å². The minimum absolute atomic E-state index is 0.139. The van der Waals surface area contributed by atoms with Gasteiger partial charge in [0, 0.05) is 21.4 Å². The van der Waals surface area contributed by atoms with Gasteiger partial charge in [-0.05, 0) is 74.5 Å². The molecule has 4 saturated carbocycles. The van der Waals surface area contributed by atoms with Crippen molar-refractivity contribution in [1.29, 1.82) is 0 Å². The minimum atomic E-state index is -0.946. The average Bonchev–Trinajstić information content (AvgIpc) is 3.17. The molecular weight excluding hydrogens is 406 g/mol. The van der Waals surface area contributed by atoms with E-state index in [1.54, 1.807) is 4.68 Å². The first-order valence-corrected chi connectivity index (χ1v) is 12.4. The highest BCUT2D eigenvalue weighted by atomic mass is 35.5. The largest absolute Gasteiger partial charge is 0.310 e. The van der Waals surface area contributed by atoms with Crippen LogP contribution in [0.25, 0.3) is 5.69 Å². The highest BCUT2D eigenvalue weighted by Gasteiger charge is 2.54. The Morgan fingerprint density at radius 3 is 2.48 bits per heavy atom. The van der Waals surface area contributed by atoms with Gasteiger partial charge in [0.25, 0.3) is 0 Å². The van der Waals surface area contributed by atoms with E-state index in [0.717, 1.165) is 36.2 Å². The van der Waals surface area contributed by atoms with Crippen molar-refractivity contribution in [3.63, 3.8) is 0 Å². The molecule has 152 valence electrons. The number of halogens is 1. The summed E-state index contributed by atoms with van der Waals surface area (Å²) in [5.74, 6) is 3.86. The molecule has 1 aliphatic heterocycles. The molecule has 2 aromatic rings. The van der Waals surface area contributed by atoms with Gasteiger partial charge < -0.3 is 5.32 Å². The third kappa shape index (κ3) is 2.90. The molecule has 4 bridgehead atoms. The number of nitrogens with one attached hydrogen (secondary N) is 1. The fourth-order valence-electron chi connectivity index (χ4n) is 6.68. The molecule has 29 heavy (non-hydrogen) atoms. The summed E-state index contributed by atoms with van der Waals surface area (Å²) in [7, 11) is -0.946. The first-order valence-electron chi connectivity index (χ1n) is 10.5. The summed E-state index contributed by atoms with van der Waals surface area (Å²) in [5.41, 5.74) is 2.33. The number of hydrogen-bond acceptors (Lipinski definition) is 3. The van der Waals surface area contributed by atoms with Gasteiger partial charge in [-0.15, -0.1) is 0 Å². The summed E-state index contributed by atoms with van der Waals surface area (Å²) in [6, 6.07) is 7.49. The molecule has 0 spiro atoms. The maximum absolute atomic E-state index is 13.6. The Morgan fingerprint density at radius 2 is 1.83 bits per heavy atom. The average molecular weight is 430 g/mol. The Balaban J connectivity index is 1.38. The molecular formula is C22H24ClN3O2S. The van der Waals surface area contributed by atoms with Crippen molar-refractivity contribution in [2.45, 2.75) is 50.0 Å². The maximum Gasteiger partial charge on any atom is 0.231 e. The quantitative estimate of drug-likeness (QED) is 0.784. The number of fused-ring (bicyclic) bond motifs is 1. The Morgan fingerprint density at radius 1 is 1.14 bits per heavy atom. The highest BCUT2D eigenvalue weighted by molar-refractivity contribution is 7.83. The molecule has 7 heteroatoms. The van der Waals surface area contributed by atoms with Crippen molar-refractivity contribution >= 4 is 34.1 Å². The van der Waals surface area contributed by atoms with Crippen LogP contribution in [0.3, 0.4) is 0 Å². The lowest BCUT2D eigenvalue weighted by Gasteiger charge is -2.55. The summed E-state index contributed by atoms with van der Waals surface area (Å²) in [4.78, 5) is 13.6. The fraction of sp³-hybridized carbons (Fsp3) is 0.545. The molecule has 1 amide bonds.